The molecule has 0 saturated heterocycles. The number of rotatable bonds is 10. The van der Waals surface area contributed by atoms with Crippen LogP contribution in [0.15, 0.2) is 46.4 Å². The van der Waals surface area contributed by atoms with Gasteiger partial charge in [-0.05, 0) is 11.5 Å². The Morgan fingerprint density at radius 3 is 2.25 bits per heavy atom. The molecule has 2 rings (SSSR count). The van der Waals surface area contributed by atoms with Crippen molar-refractivity contribution >= 4 is 22.9 Å². The van der Waals surface area contributed by atoms with E-state index in [0.717, 1.165) is 16.5 Å². The smallest absolute Gasteiger partial charge is 0.234 e. The molecule has 0 radical (unpaired) electrons. The van der Waals surface area contributed by atoms with Crippen molar-refractivity contribution in [3.05, 3.63) is 36.4 Å². The first-order valence-electron chi connectivity index (χ1n) is 7.71. The van der Waals surface area contributed by atoms with Crippen LogP contribution >= 0.6 is 0 Å². The third-order valence-electron chi connectivity index (χ3n) is 3.28. The Morgan fingerprint density at radius 1 is 0.875 bits per heavy atom. The summed E-state index contributed by atoms with van der Waals surface area (Å²) in [6.07, 6.45) is 4.29. The maximum atomic E-state index is 10.0. The number of fused-ring (bicyclic) bond motifs is 1. The maximum absolute atomic E-state index is 10.0. The molecule has 0 aliphatic heterocycles. The van der Waals surface area contributed by atoms with Crippen LogP contribution in [-0.2, 0) is 9.59 Å². The maximum Gasteiger partial charge on any atom is 0.234 e. The van der Waals surface area contributed by atoms with E-state index in [2.05, 4.69) is 9.98 Å². The summed E-state index contributed by atoms with van der Waals surface area (Å²) in [5, 5.41) is 2.01. The van der Waals surface area contributed by atoms with Gasteiger partial charge < -0.3 is 9.47 Å². The second-order valence-corrected chi connectivity index (χ2v) is 4.99. The van der Waals surface area contributed by atoms with Crippen LogP contribution in [-0.4, -0.2) is 38.5 Å². The molecule has 0 atom stereocenters. The molecule has 124 valence electrons. The molecule has 0 N–H and O–H groups in total. The minimum absolute atomic E-state index is 0.398. The fourth-order valence-corrected chi connectivity index (χ4v) is 2.20. The van der Waals surface area contributed by atoms with Gasteiger partial charge >= 0.3 is 0 Å². The first-order chi connectivity index (χ1) is 11.8. The highest BCUT2D eigenvalue weighted by Gasteiger charge is 2.06. The number of carbonyl (C=O) groups excluding carboxylic acids is 2. The first-order valence-corrected chi connectivity index (χ1v) is 7.71. The van der Waals surface area contributed by atoms with Crippen LogP contribution in [0.1, 0.15) is 12.8 Å². The van der Waals surface area contributed by atoms with E-state index >= 15 is 0 Å². The van der Waals surface area contributed by atoms with Gasteiger partial charge in [0.1, 0.15) is 11.5 Å². The van der Waals surface area contributed by atoms with Gasteiger partial charge in [0.2, 0.25) is 12.2 Å². The molecule has 0 saturated carbocycles. The van der Waals surface area contributed by atoms with Crippen molar-refractivity contribution in [2.45, 2.75) is 12.8 Å². The average Bonchev–Trinajstić information content (AvgIpc) is 2.61. The zero-order valence-corrected chi connectivity index (χ0v) is 13.2. The number of hydrogen-bond donors (Lipinski definition) is 0. The van der Waals surface area contributed by atoms with Crippen molar-refractivity contribution < 1.29 is 19.1 Å². The summed E-state index contributed by atoms with van der Waals surface area (Å²) in [5.74, 6) is 1.42. The van der Waals surface area contributed by atoms with Crippen molar-refractivity contribution in [2.24, 2.45) is 9.98 Å². The normalized spacial score (nSPS) is 9.83. The summed E-state index contributed by atoms with van der Waals surface area (Å²) in [7, 11) is 0. The monoisotopic (exact) mass is 326 g/mol. The Bertz CT molecular complexity index is 763. The van der Waals surface area contributed by atoms with E-state index < -0.39 is 0 Å². The second-order valence-electron chi connectivity index (χ2n) is 4.99. The number of ether oxygens (including phenoxy) is 2. The van der Waals surface area contributed by atoms with E-state index in [0.29, 0.717) is 44.9 Å². The molecule has 2 aromatic rings. The Hall–Kier alpha value is -2.94. The number of aliphatic imine (C=N–C) groups is 2. The summed E-state index contributed by atoms with van der Waals surface area (Å²) in [6.45, 7) is 1.70. The zero-order valence-electron chi connectivity index (χ0n) is 13.2. The molecule has 0 aliphatic carbocycles. The van der Waals surface area contributed by atoms with Crippen LogP contribution < -0.4 is 9.47 Å². The van der Waals surface area contributed by atoms with Crippen molar-refractivity contribution in [2.75, 3.05) is 26.3 Å². The summed E-state index contributed by atoms with van der Waals surface area (Å²) in [4.78, 5) is 27.1. The molecule has 0 aliphatic rings. The SMILES string of the molecule is O=C=NCCCOc1cc(OCCCN=C=O)c2ccccc2c1. The Morgan fingerprint density at radius 2 is 1.54 bits per heavy atom. The summed E-state index contributed by atoms with van der Waals surface area (Å²) >= 11 is 0. The third kappa shape index (κ3) is 5.36. The van der Waals surface area contributed by atoms with Crippen LogP contribution in [0.4, 0.5) is 0 Å². The Labute approximate surface area is 139 Å². The van der Waals surface area contributed by atoms with Gasteiger partial charge in [-0.1, -0.05) is 24.3 Å². The van der Waals surface area contributed by atoms with Gasteiger partial charge in [-0.3, -0.25) is 0 Å². The average molecular weight is 326 g/mol. The van der Waals surface area contributed by atoms with Gasteiger partial charge in [-0.2, -0.15) is 0 Å². The van der Waals surface area contributed by atoms with Crippen molar-refractivity contribution in [3.63, 3.8) is 0 Å². The molecule has 2 aromatic carbocycles. The van der Waals surface area contributed by atoms with Crippen LogP contribution in [0.25, 0.3) is 10.8 Å². The van der Waals surface area contributed by atoms with Crippen molar-refractivity contribution in [1.29, 1.82) is 0 Å². The topological polar surface area (TPSA) is 77.3 Å². The lowest BCUT2D eigenvalue weighted by Crippen LogP contribution is -2.02. The van der Waals surface area contributed by atoms with E-state index in [1.165, 1.54) is 12.2 Å². The number of hydrogen-bond acceptors (Lipinski definition) is 6. The first kappa shape index (κ1) is 17.4. The van der Waals surface area contributed by atoms with Gasteiger partial charge in [0.15, 0.2) is 0 Å². The lowest BCUT2D eigenvalue weighted by Gasteiger charge is -2.12. The lowest BCUT2D eigenvalue weighted by molar-refractivity contribution is 0.300. The zero-order chi connectivity index (χ0) is 17.0. The highest BCUT2D eigenvalue weighted by atomic mass is 16.5. The van der Waals surface area contributed by atoms with Gasteiger partial charge in [0.25, 0.3) is 0 Å². The van der Waals surface area contributed by atoms with E-state index in [-0.39, 0.29) is 0 Å². The highest BCUT2D eigenvalue weighted by Crippen LogP contribution is 2.31. The minimum Gasteiger partial charge on any atom is -0.493 e. The van der Waals surface area contributed by atoms with Crippen molar-refractivity contribution in [1.82, 2.24) is 0 Å². The number of isocyanates is 2. The fraction of sp³-hybridized carbons (Fsp3) is 0.333. The number of benzene rings is 2. The predicted molar refractivity (Wildman–Crippen MR) is 90.1 cm³/mol. The molecule has 0 amide bonds. The van der Waals surface area contributed by atoms with Crippen LogP contribution in [0.2, 0.25) is 0 Å². The molecule has 0 aromatic heterocycles. The molecular formula is C18H18N2O4. The van der Waals surface area contributed by atoms with Crippen molar-refractivity contribution in [3.8, 4) is 11.5 Å². The summed E-state index contributed by atoms with van der Waals surface area (Å²) in [6, 6.07) is 11.7. The quantitative estimate of drug-likeness (QED) is 0.382. The molecule has 24 heavy (non-hydrogen) atoms. The summed E-state index contributed by atoms with van der Waals surface area (Å²) < 4.78 is 11.5. The third-order valence-corrected chi connectivity index (χ3v) is 3.28. The molecule has 6 heteroatoms. The molecule has 0 spiro atoms. The van der Waals surface area contributed by atoms with E-state index in [9.17, 15) is 9.59 Å². The molecule has 0 bridgehead atoms. The fourth-order valence-electron chi connectivity index (χ4n) is 2.20. The Balaban J connectivity index is 2.06. The van der Waals surface area contributed by atoms with Gasteiger partial charge in [0.05, 0.1) is 26.3 Å². The summed E-state index contributed by atoms with van der Waals surface area (Å²) in [5.41, 5.74) is 0. The molecule has 0 unspecified atom stereocenters. The van der Waals surface area contributed by atoms with Gasteiger partial charge in [-0.25, -0.2) is 19.6 Å². The molecule has 0 fully saturated rings. The largest absolute Gasteiger partial charge is 0.493 e. The van der Waals surface area contributed by atoms with Crippen LogP contribution in [0.3, 0.4) is 0 Å². The predicted octanol–water partition coefficient (Wildman–Crippen LogP) is 3.05. The van der Waals surface area contributed by atoms with Crippen LogP contribution in [0.5, 0.6) is 11.5 Å². The molecular weight excluding hydrogens is 308 g/mol. The minimum atomic E-state index is 0.398. The number of nitrogens with zero attached hydrogens (tertiary/aromatic N) is 2. The van der Waals surface area contributed by atoms with Gasteiger partial charge in [-0.15, -0.1) is 0 Å². The standard InChI is InChI=1S/C18H18N2O4/c21-13-19-7-3-9-23-16-11-15-5-1-2-6-17(15)18(12-16)24-10-4-8-20-14-22/h1-2,5-6,11-12H,3-4,7-10H2. The van der Waals surface area contributed by atoms with E-state index in [1.54, 1.807) is 0 Å². The Kier molecular flexibility index (Phi) is 7.22. The molecule has 6 nitrogen and oxygen atoms in total. The van der Waals surface area contributed by atoms with Gasteiger partial charge in [0, 0.05) is 24.3 Å². The highest BCUT2D eigenvalue weighted by molar-refractivity contribution is 5.89. The molecule has 0 heterocycles. The second kappa shape index (κ2) is 9.95. The van der Waals surface area contributed by atoms with Crippen LogP contribution in [0, 0.1) is 0 Å². The van der Waals surface area contributed by atoms with E-state index in [1.807, 2.05) is 36.4 Å². The lowest BCUT2D eigenvalue weighted by atomic mass is 10.1. The van der Waals surface area contributed by atoms with E-state index in [4.69, 9.17) is 9.47 Å².